The van der Waals surface area contributed by atoms with Gasteiger partial charge in [0.25, 0.3) is 0 Å². The van der Waals surface area contributed by atoms with E-state index in [4.69, 9.17) is 4.74 Å². The van der Waals surface area contributed by atoms with Gasteiger partial charge >= 0.3 is 5.97 Å². The van der Waals surface area contributed by atoms with Crippen LogP contribution < -0.4 is 0 Å². The number of ketones is 1. The van der Waals surface area contributed by atoms with E-state index in [2.05, 4.69) is 6.58 Å². The number of unbranched alkanes of at least 4 members (excludes halogenated alkanes) is 7. The van der Waals surface area contributed by atoms with Crippen molar-refractivity contribution < 1.29 is 14.3 Å². The first-order valence-electron chi connectivity index (χ1n) is 11.0. The molecule has 3 nitrogen and oxygen atoms in total. The van der Waals surface area contributed by atoms with Crippen molar-refractivity contribution in [2.24, 2.45) is 5.92 Å². The molecule has 0 spiro atoms. The second-order valence-corrected chi connectivity index (χ2v) is 7.55. The van der Waals surface area contributed by atoms with Gasteiger partial charge in [-0.05, 0) is 37.3 Å². The minimum Gasteiger partial charge on any atom is -0.462 e. The number of carbonyl (C=O) groups excluding carboxylic acids is 2. The molecule has 1 aromatic rings. The van der Waals surface area contributed by atoms with Crippen molar-refractivity contribution in [1.82, 2.24) is 0 Å². The standard InChI is InChI=1S/C26H34O3/c1-3-5-6-7-8-9-10-11-13-18-22-19-20-23(21-16-14-12-15-17-21)24(25(22)27)26(28)29-4-2/h3,12,14-17,19-20,22H,1,4-11,13,18H2,2H3. The summed E-state index contributed by atoms with van der Waals surface area (Å²) in [5.74, 6) is -0.839. The molecule has 0 N–H and O–H groups in total. The maximum Gasteiger partial charge on any atom is 0.342 e. The molecule has 0 aromatic heterocycles. The van der Waals surface area contributed by atoms with Gasteiger partial charge in [0.15, 0.2) is 5.78 Å². The summed E-state index contributed by atoms with van der Waals surface area (Å²) < 4.78 is 5.19. The van der Waals surface area contributed by atoms with E-state index in [0.717, 1.165) is 31.2 Å². The zero-order valence-electron chi connectivity index (χ0n) is 17.7. The van der Waals surface area contributed by atoms with Gasteiger partial charge in [-0.2, -0.15) is 0 Å². The van der Waals surface area contributed by atoms with Crippen molar-refractivity contribution in [2.75, 3.05) is 6.61 Å². The first kappa shape index (κ1) is 22.9. The Labute approximate surface area is 175 Å². The summed E-state index contributed by atoms with van der Waals surface area (Å²) >= 11 is 0. The predicted octanol–water partition coefficient (Wildman–Crippen LogP) is 6.46. The van der Waals surface area contributed by atoms with E-state index in [0.29, 0.717) is 5.57 Å². The number of hydrogen-bond donors (Lipinski definition) is 0. The van der Waals surface area contributed by atoms with Crippen molar-refractivity contribution in [2.45, 2.75) is 64.7 Å². The molecule has 1 atom stereocenters. The average molecular weight is 395 g/mol. The Balaban J connectivity index is 1.91. The van der Waals surface area contributed by atoms with Gasteiger partial charge in [-0.1, -0.05) is 87.1 Å². The zero-order chi connectivity index (χ0) is 20.9. The van der Waals surface area contributed by atoms with Crippen molar-refractivity contribution in [1.29, 1.82) is 0 Å². The molecule has 1 unspecified atom stereocenters. The largest absolute Gasteiger partial charge is 0.462 e. The maximum absolute atomic E-state index is 13.1. The number of rotatable bonds is 13. The molecule has 0 aliphatic heterocycles. The van der Waals surface area contributed by atoms with Crippen LogP contribution in [0, 0.1) is 5.92 Å². The molecule has 0 saturated carbocycles. The van der Waals surface area contributed by atoms with Crippen LogP contribution >= 0.6 is 0 Å². The summed E-state index contributed by atoms with van der Waals surface area (Å²) in [6, 6.07) is 9.58. The van der Waals surface area contributed by atoms with Gasteiger partial charge in [-0.25, -0.2) is 4.79 Å². The van der Waals surface area contributed by atoms with Gasteiger partial charge in [0.2, 0.25) is 0 Å². The fourth-order valence-electron chi connectivity index (χ4n) is 3.74. The van der Waals surface area contributed by atoms with E-state index >= 15 is 0 Å². The monoisotopic (exact) mass is 394 g/mol. The van der Waals surface area contributed by atoms with E-state index in [1.165, 1.54) is 32.1 Å². The average Bonchev–Trinajstić information content (AvgIpc) is 2.74. The predicted molar refractivity (Wildman–Crippen MR) is 119 cm³/mol. The van der Waals surface area contributed by atoms with Crippen molar-refractivity contribution >= 4 is 17.3 Å². The Hall–Kier alpha value is -2.42. The van der Waals surface area contributed by atoms with Crippen molar-refractivity contribution in [3.05, 3.63) is 66.3 Å². The minimum absolute atomic E-state index is 0.103. The first-order valence-corrected chi connectivity index (χ1v) is 11.0. The van der Waals surface area contributed by atoms with Gasteiger partial charge in [-0.15, -0.1) is 6.58 Å². The number of Topliss-reactive ketones (excluding diaryl/α,β-unsaturated/α-hetero) is 1. The zero-order valence-corrected chi connectivity index (χ0v) is 17.7. The Morgan fingerprint density at radius 2 is 1.69 bits per heavy atom. The van der Waals surface area contributed by atoms with E-state index in [9.17, 15) is 9.59 Å². The molecule has 2 rings (SSSR count). The lowest BCUT2D eigenvalue weighted by Gasteiger charge is -2.21. The van der Waals surface area contributed by atoms with Crippen molar-refractivity contribution in [3.8, 4) is 0 Å². The van der Waals surface area contributed by atoms with Gasteiger partial charge in [-0.3, -0.25) is 4.79 Å². The van der Waals surface area contributed by atoms with Crippen LogP contribution in [0.5, 0.6) is 0 Å². The molecule has 0 amide bonds. The van der Waals surface area contributed by atoms with E-state index in [-0.39, 0.29) is 23.9 Å². The molecular weight excluding hydrogens is 360 g/mol. The van der Waals surface area contributed by atoms with E-state index < -0.39 is 5.97 Å². The van der Waals surface area contributed by atoms with Crippen LogP contribution in [0.2, 0.25) is 0 Å². The summed E-state index contributed by atoms with van der Waals surface area (Å²) in [5, 5.41) is 0. The Bertz CT molecular complexity index is 728. The number of carbonyl (C=O) groups is 2. The fourth-order valence-corrected chi connectivity index (χ4v) is 3.74. The minimum atomic E-state index is -0.509. The van der Waals surface area contributed by atoms with Gasteiger partial charge in [0.05, 0.1) is 6.61 Å². The Morgan fingerprint density at radius 3 is 2.34 bits per heavy atom. The molecule has 1 aromatic carbocycles. The maximum atomic E-state index is 13.1. The lowest BCUT2D eigenvalue weighted by atomic mass is 9.83. The third-order valence-electron chi connectivity index (χ3n) is 5.34. The van der Waals surface area contributed by atoms with Crippen LogP contribution in [0.25, 0.3) is 5.57 Å². The molecule has 0 fully saturated rings. The highest BCUT2D eigenvalue weighted by Gasteiger charge is 2.31. The quantitative estimate of drug-likeness (QED) is 0.167. The highest BCUT2D eigenvalue weighted by Crippen LogP contribution is 2.31. The van der Waals surface area contributed by atoms with Crippen LogP contribution in [0.4, 0.5) is 0 Å². The van der Waals surface area contributed by atoms with Gasteiger partial charge in [0, 0.05) is 5.92 Å². The molecule has 1 aliphatic carbocycles. The van der Waals surface area contributed by atoms with Crippen LogP contribution in [0.15, 0.2) is 60.7 Å². The number of esters is 1. The smallest absolute Gasteiger partial charge is 0.342 e. The van der Waals surface area contributed by atoms with E-state index in [1.807, 2.05) is 48.6 Å². The van der Waals surface area contributed by atoms with Gasteiger partial charge in [0.1, 0.15) is 5.57 Å². The summed E-state index contributed by atoms with van der Waals surface area (Å²) in [6.45, 7) is 5.78. The summed E-state index contributed by atoms with van der Waals surface area (Å²) in [7, 11) is 0. The normalized spacial score (nSPS) is 16.2. The molecular formula is C26H34O3. The molecule has 0 saturated heterocycles. The first-order chi connectivity index (χ1) is 14.2. The molecule has 0 heterocycles. The van der Waals surface area contributed by atoms with E-state index in [1.54, 1.807) is 6.92 Å². The molecule has 3 heteroatoms. The highest BCUT2D eigenvalue weighted by molar-refractivity contribution is 6.25. The number of benzene rings is 1. The molecule has 1 aliphatic rings. The summed E-state index contributed by atoms with van der Waals surface area (Å²) in [5.41, 5.74) is 1.74. The molecule has 156 valence electrons. The third-order valence-corrected chi connectivity index (χ3v) is 5.34. The fraction of sp³-hybridized carbons (Fsp3) is 0.462. The van der Waals surface area contributed by atoms with Crippen LogP contribution in [-0.2, 0) is 14.3 Å². The highest BCUT2D eigenvalue weighted by atomic mass is 16.5. The second-order valence-electron chi connectivity index (χ2n) is 7.55. The molecule has 0 bridgehead atoms. The summed E-state index contributed by atoms with van der Waals surface area (Å²) in [4.78, 5) is 25.6. The van der Waals surface area contributed by atoms with Crippen molar-refractivity contribution in [3.63, 3.8) is 0 Å². The lowest BCUT2D eigenvalue weighted by molar-refractivity contribution is -0.140. The number of allylic oxidation sites excluding steroid dienone is 4. The third kappa shape index (κ3) is 7.16. The molecule has 0 radical (unpaired) electrons. The van der Waals surface area contributed by atoms with Crippen LogP contribution in [0.1, 0.15) is 70.3 Å². The second kappa shape index (κ2) is 12.9. The topological polar surface area (TPSA) is 43.4 Å². The Kier molecular flexibility index (Phi) is 10.2. The van der Waals surface area contributed by atoms with Crippen LogP contribution in [-0.4, -0.2) is 18.4 Å². The SMILES string of the molecule is C=CCCCCCCCCCC1C=CC(c2ccccc2)=C(C(=O)OCC)C1=O. The number of hydrogen-bond acceptors (Lipinski definition) is 3. The molecule has 29 heavy (non-hydrogen) atoms. The van der Waals surface area contributed by atoms with Gasteiger partial charge < -0.3 is 4.74 Å². The summed E-state index contributed by atoms with van der Waals surface area (Å²) in [6.07, 6.45) is 16.1. The number of ether oxygens (including phenoxy) is 1. The van der Waals surface area contributed by atoms with Crippen LogP contribution in [0.3, 0.4) is 0 Å². The Morgan fingerprint density at radius 1 is 1.03 bits per heavy atom. The lowest BCUT2D eigenvalue weighted by Crippen LogP contribution is -2.25.